The zero-order valence-corrected chi connectivity index (χ0v) is 17.3. The van der Waals surface area contributed by atoms with Crippen LogP contribution in [0.4, 0.5) is 4.39 Å². The average molecular weight is 422 g/mol. The molecule has 0 aliphatic heterocycles. The number of aromatic amines is 2. The van der Waals surface area contributed by atoms with Gasteiger partial charge in [0.05, 0.1) is 28.6 Å². The fourth-order valence-electron chi connectivity index (χ4n) is 3.73. The van der Waals surface area contributed by atoms with Crippen molar-refractivity contribution in [2.75, 3.05) is 0 Å². The molecule has 0 saturated carbocycles. The van der Waals surface area contributed by atoms with Crippen LogP contribution in [-0.2, 0) is 0 Å². The Kier molecular flexibility index (Phi) is 4.91. The Morgan fingerprint density at radius 3 is 2.84 bits per heavy atom. The van der Waals surface area contributed by atoms with Gasteiger partial charge in [-0.1, -0.05) is 24.8 Å². The summed E-state index contributed by atoms with van der Waals surface area (Å²) in [6, 6.07) is 12.4. The van der Waals surface area contributed by atoms with Gasteiger partial charge in [0.25, 0.3) is 0 Å². The largest absolute Gasteiger partial charge is 0.352 e. The molecule has 0 bridgehead atoms. The van der Waals surface area contributed by atoms with Crippen LogP contribution in [0.1, 0.15) is 12.6 Å². The molecule has 0 saturated heterocycles. The molecule has 5 rings (SSSR count). The van der Waals surface area contributed by atoms with Crippen molar-refractivity contribution in [1.82, 2.24) is 25.1 Å². The number of rotatable bonds is 5. The summed E-state index contributed by atoms with van der Waals surface area (Å²) in [5.74, 6) is -0.287. The number of allylic oxidation sites excluding steroid dienone is 2. The summed E-state index contributed by atoms with van der Waals surface area (Å²) >= 11 is 0. The molecule has 0 unspecified atom stereocenters. The van der Waals surface area contributed by atoms with E-state index in [-0.39, 0.29) is 5.82 Å². The third kappa shape index (κ3) is 3.39. The lowest BCUT2D eigenvalue weighted by Gasteiger charge is -2.02. The Hall–Kier alpha value is -4.39. The van der Waals surface area contributed by atoms with Crippen LogP contribution in [0.2, 0.25) is 0 Å². The summed E-state index contributed by atoms with van der Waals surface area (Å²) in [5, 5.41) is 8.47. The van der Waals surface area contributed by atoms with Gasteiger partial charge in [-0.05, 0) is 42.8 Å². The molecule has 0 radical (unpaired) electrons. The van der Waals surface area contributed by atoms with Crippen LogP contribution < -0.4 is 0 Å². The molecule has 0 aliphatic carbocycles. The second-order valence-corrected chi connectivity index (χ2v) is 7.21. The SMILES string of the molecule is C=CN=C/C(=C\C)c1ccc2[nH]nc(-c3cc4c(-c5cccc(F)c5)cncc4[nH]3)c2n1. The maximum Gasteiger partial charge on any atom is 0.135 e. The lowest BCUT2D eigenvalue weighted by molar-refractivity contribution is 0.628. The van der Waals surface area contributed by atoms with Gasteiger partial charge in [0.15, 0.2) is 0 Å². The minimum atomic E-state index is -0.287. The molecule has 1 aromatic carbocycles. The maximum absolute atomic E-state index is 13.8. The number of hydrogen-bond acceptors (Lipinski definition) is 4. The lowest BCUT2D eigenvalue weighted by atomic mass is 10.0. The minimum absolute atomic E-state index is 0.287. The third-order valence-electron chi connectivity index (χ3n) is 5.27. The van der Waals surface area contributed by atoms with Crippen LogP contribution in [0.5, 0.6) is 0 Å². The van der Waals surface area contributed by atoms with Crippen molar-refractivity contribution in [1.29, 1.82) is 0 Å². The second kappa shape index (κ2) is 8.03. The van der Waals surface area contributed by atoms with Crippen molar-refractivity contribution in [2.24, 2.45) is 4.99 Å². The Balaban J connectivity index is 1.65. The van der Waals surface area contributed by atoms with Crippen molar-refractivity contribution in [3.63, 3.8) is 0 Å². The Bertz CT molecular complexity index is 1520. The fourth-order valence-corrected chi connectivity index (χ4v) is 3.73. The molecule has 6 nitrogen and oxygen atoms in total. The zero-order chi connectivity index (χ0) is 22.1. The molecule has 4 heterocycles. The molecule has 7 heteroatoms. The van der Waals surface area contributed by atoms with Crippen molar-refractivity contribution in [3.8, 4) is 22.5 Å². The highest BCUT2D eigenvalue weighted by molar-refractivity contribution is 6.10. The molecular weight excluding hydrogens is 403 g/mol. The summed E-state index contributed by atoms with van der Waals surface area (Å²) in [7, 11) is 0. The number of hydrogen-bond donors (Lipinski definition) is 2. The van der Waals surface area contributed by atoms with Gasteiger partial charge < -0.3 is 4.98 Å². The number of pyridine rings is 2. The van der Waals surface area contributed by atoms with E-state index < -0.39 is 0 Å². The first-order chi connectivity index (χ1) is 15.7. The van der Waals surface area contributed by atoms with Gasteiger partial charge in [0.1, 0.15) is 17.0 Å². The summed E-state index contributed by atoms with van der Waals surface area (Å²) in [6.07, 6.45) is 8.64. The highest BCUT2D eigenvalue weighted by atomic mass is 19.1. The van der Waals surface area contributed by atoms with Crippen molar-refractivity contribution < 1.29 is 4.39 Å². The number of nitrogens with one attached hydrogen (secondary N) is 2. The number of benzene rings is 1. The molecule has 156 valence electrons. The van der Waals surface area contributed by atoms with E-state index in [0.29, 0.717) is 5.69 Å². The van der Waals surface area contributed by atoms with Crippen molar-refractivity contribution in [2.45, 2.75) is 6.92 Å². The predicted molar refractivity (Wildman–Crippen MR) is 127 cm³/mol. The van der Waals surface area contributed by atoms with Crippen LogP contribution in [0.3, 0.4) is 0 Å². The van der Waals surface area contributed by atoms with E-state index in [1.807, 2.05) is 37.3 Å². The van der Waals surface area contributed by atoms with E-state index in [9.17, 15) is 4.39 Å². The highest BCUT2D eigenvalue weighted by Crippen LogP contribution is 2.33. The van der Waals surface area contributed by atoms with Crippen molar-refractivity contribution in [3.05, 3.63) is 85.2 Å². The number of fused-ring (bicyclic) bond motifs is 2. The van der Waals surface area contributed by atoms with Crippen LogP contribution in [-0.4, -0.2) is 31.4 Å². The average Bonchev–Trinajstić information content (AvgIpc) is 3.43. The molecule has 2 N–H and O–H groups in total. The summed E-state index contributed by atoms with van der Waals surface area (Å²) in [5.41, 5.74) is 7.15. The first-order valence-corrected chi connectivity index (χ1v) is 10.1. The van der Waals surface area contributed by atoms with E-state index in [1.54, 1.807) is 24.7 Å². The normalized spacial score (nSPS) is 12.2. The first kappa shape index (κ1) is 19.6. The second-order valence-electron chi connectivity index (χ2n) is 7.21. The van der Waals surface area contributed by atoms with Crippen LogP contribution in [0, 0.1) is 5.82 Å². The number of halogens is 1. The number of H-pyrrole nitrogens is 2. The van der Waals surface area contributed by atoms with Crippen LogP contribution in [0.25, 0.3) is 50.0 Å². The number of nitrogens with zero attached hydrogens (tertiary/aromatic N) is 4. The predicted octanol–water partition coefficient (Wildman–Crippen LogP) is 5.92. The molecule has 5 aromatic rings. The molecule has 0 fully saturated rings. The van der Waals surface area contributed by atoms with Gasteiger partial charge in [-0.2, -0.15) is 5.10 Å². The highest BCUT2D eigenvalue weighted by Gasteiger charge is 2.16. The van der Waals surface area contributed by atoms with E-state index in [1.165, 1.54) is 18.3 Å². The van der Waals surface area contributed by atoms with Gasteiger partial charge in [0, 0.05) is 35.1 Å². The van der Waals surface area contributed by atoms with E-state index in [4.69, 9.17) is 4.98 Å². The fraction of sp³-hybridized carbons (Fsp3) is 0.0400. The minimum Gasteiger partial charge on any atom is -0.352 e. The number of aliphatic imine (C=N–C) groups is 1. The zero-order valence-electron chi connectivity index (χ0n) is 17.3. The standard InChI is InChI=1S/C25H19FN6/c1-3-15(12-27-4-2)20-8-9-21-24(30-20)25(32-31-21)22-11-18-19(13-28-14-23(18)29-22)16-6-5-7-17(26)10-16/h3-14,29H,2H2,1H3,(H,31,32)/b15-3+,27-12?. The third-order valence-corrected chi connectivity index (χ3v) is 5.27. The Labute approximate surface area is 183 Å². The quantitative estimate of drug-likeness (QED) is 0.345. The first-order valence-electron chi connectivity index (χ1n) is 10.1. The Morgan fingerprint density at radius 2 is 2.03 bits per heavy atom. The lowest BCUT2D eigenvalue weighted by Crippen LogP contribution is -1.91. The van der Waals surface area contributed by atoms with Gasteiger partial charge in [-0.3, -0.25) is 15.1 Å². The molecule has 0 amide bonds. The maximum atomic E-state index is 13.8. The molecular formula is C25H19FN6. The monoisotopic (exact) mass is 422 g/mol. The molecule has 0 atom stereocenters. The molecule has 32 heavy (non-hydrogen) atoms. The van der Waals surface area contributed by atoms with Gasteiger partial charge in [-0.15, -0.1) is 0 Å². The van der Waals surface area contributed by atoms with Crippen LogP contribution >= 0.6 is 0 Å². The van der Waals surface area contributed by atoms with Gasteiger partial charge in [0.2, 0.25) is 0 Å². The summed E-state index contributed by atoms with van der Waals surface area (Å²) < 4.78 is 13.8. The topological polar surface area (TPSA) is 82.6 Å². The summed E-state index contributed by atoms with van der Waals surface area (Å²) in [4.78, 5) is 16.6. The van der Waals surface area contributed by atoms with E-state index in [0.717, 1.165) is 50.0 Å². The molecule has 0 spiro atoms. The molecule has 4 aromatic heterocycles. The number of aromatic nitrogens is 5. The van der Waals surface area contributed by atoms with Crippen molar-refractivity contribution >= 4 is 33.7 Å². The van der Waals surface area contributed by atoms with Gasteiger partial charge >= 0.3 is 0 Å². The Morgan fingerprint density at radius 1 is 1.12 bits per heavy atom. The molecule has 0 aliphatic rings. The smallest absolute Gasteiger partial charge is 0.135 e. The van der Waals surface area contributed by atoms with Crippen LogP contribution in [0.15, 0.2) is 78.7 Å². The van der Waals surface area contributed by atoms with E-state index >= 15 is 0 Å². The van der Waals surface area contributed by atoms with Gasteiger partial charge in [-0.25, -0.2) is 9.37 Å². The summed E-state index contributed by atoms with van der Waals surface area (Å²) in [6.45, 7) is 5.56. The van der Waals surface area contributed by atoms with E-state index in [2.05, 4.69) is 31.7 Å².